The first-order valence-electron chi connectivity index (χ1n) is 7.97. The van der Waals surface area contributed by atoms with E-state index in [1.807, 2.05) is 20.8 Å². The molecule has 26 heavy (non-hydrogen) atoms. The van der Waals surface area contributed by atoms with Crippen LogP contribution in [-0.2, 0) is 6.18 Å². The second-order valence-electron chi connectivity index (χ2n) is 6.23. The van der Waals surface area contributed by atoms with Crippen LogP contribution in [0.4, 0.5) is 30.6 Å². The van der Waals surface area contributed by atoms with E-state index in [1.165, 1.54) is 0 Å². The smallest absolute Gasteiger partial charge is 0.394 e. The van der Waals surface area contributed by atoms with E-state index in [1.54, 1.807) is 18.2 Å². The van der Waals surface area contributed by atoms with Crippen LogP contribution in [0.1, 0.15) is 25.1 Å². The van der Waals surface area contributed by atoms with Crippen LogP contribution in [0.2, 0.25) is 0 Å². The van der Waals surface area contributed by atoms with Crippen molar-refractivity contribution in [1.29, 1.82) is 0 Å². The second-order valence-corrected chi connectivity index (χ2v) is 7.08. The Morgan fingerprint density at radius 2 is 1.88 bits per heavy atom. The second kappa shape index (κ2) is 8.22. The lowest BCUT2D eigenvalue weighted by Gasteiger charge is -2.21. The first kappa shape index (κ1) is 20.4. The van der Waals surface area contributed by atoms with E-state index >= 15 is 0 Å². The Hall–Kier alpha value is -1.87. The molecule has 0 spiro atoms. The molecule has 1 atom stereocenters. The number of nitrogens with zero attached hydrogens (tertiary/aromatic N) is 2. The van der Waals surface area contributed by atoms with Gasteiger partial charge < -0.3 is 15.7 Å². The van der Waals surface area contributed by atoms with Crippen molar-refractivity contribution >= 4 is 33.4 Å². The van der Waals surface area contributed by atoms with E-state index in [4.69, 9.17) is 0 Å². The number of benzene rings is 1. The fourth-order valence-corrected chi connectivity index (χ4v) is 2.43. The van der Waals surface area contributed by atoms with Crippen LogP contribution >= 0.6 is 15.9 Å². The highest BCUT2D eigenvalue weighted by atomic mass is 79.9. The van der Waals surface area contributed by atoms with Gasteiger partial charge in [0.1, 0.15) is 5.82 Å². The number of rotatable bonds is 6. The number of halogens is 4. The van der Waals surface area contributed by atoms with Crippen LogP contribution in [0.5, 0.6) is 0 Å². The molecule has 3 N–H and O–H groups in total. The fourth-order valence-electron chi connectivity index (χ4n) is 2.18. The molecule has 1 heterocycles. The van der Waals surface area contributed by atoms with Gasteiger partial charge in [-0.05, 0) is 36.6 Å². The van der Waals surface area contributed by atoms with E-state index in [0.29, 0.717) is 5.69 Å². The zero-order valence-electron chi connectivity index (χ0n) is 14.5. The number of anilines is 3. The Morgan fingerprint density at radius 3 is 2.42 bits per heavy atom. The Bertz CT molecular complexity index is 768. The van der Waals surface area contributed by atoms with Crippen molar-refractivity contribution in [2.75, 3.05) is 17.2 Å². The molecular formula is C17H20BrF3N4O. The number of alkyl halides is 3. The summed E-state index contributed by atoms with van der Waals surface area (Å²) in [4.78, 5) is 7.65. The zero-order valence-corrected chi connectivity index (χ0v) is 16.1. The first-order valence-corrected chi connectivity index (χ1v) is 8.76. The monoisotopic (exact) mass is 432 g/mol. The van der Waals surface area contributed by atoms with Crippen molar-refractivity contribution in [3.63, 3.8) is 0 Å². The number of hydrogen-bond donors (Lipinski definition) is 3. The molecule has 2 aromatic rings. The van der Waals surface area contributed by atoms with Crippen LogP contribution in [0.15, 0.2) is 28.7 Å². The molecule has 5 nitrogen and oxygen atoms in total. The van der Waals surface area contributed by atoms with Gasteiger partial charge in [-0.25, -0.2) is 4.98 Å². The van der Waals surface area contributed by atoms with Crippen molar-refractivity contribution in [2.24, 2.45) is 5.92 Å². The number of aliphatic hydroxyl groups excluding tert-OH is 1. The summed E-state index contributed by atoms with van der Waals surface area (Å²) in [6.07, 6.45) is -4.61. The topological polar surface area (TPSA) is 70.1 Å². The lowest BCUT2D eigenvalue weighted by molar-refractivity contribution is -0.141. The molecule has 0 saturated carbocycles. The highest BCUT2D eigenvalue weighted by molar-refractivity contribution is 9.10. The van der Waals surface area contributed by atoms with E-state index < -0.39 is 17.9 Å². The number of aliphatic hydroxyl groups is 1. The highest BCUT2D eigenvalue weighted by Gasteiger charge is 2.34. The van der Waals surface area contributed by atoms with Gasteiger partial charge in [-0.15, -0.1) is 0 Å². The van der Waals surface area contributed by atoms with Gasteiger partial charge >= 0.3 is 6.18 Å². The van der Waals surface area contributed by atoms with Crippen LogP contribution in [0, 0.1) is 12.8 Å². The van der Waals surface area contributed by atoms with Gasteiger partial charge in [0.2, 0.25) is 5.95 Å². The summed E-state index contributed by atoms with van der Waals surface area (Å²) in [7, 11) is 0. The zero-order chi connectivity index (χ0) is 19.5. The average Bonchev–Trinajstić information content (AvgIpc) is 2.55. The first-order chi connectivity index (χ1) is 12.1. The molecule has 0 saturated heterocycles. The van der Waals surface area contributed by atoms with Crippen molar-refractivity contribution in [2.45, 2.75) is 33.0 Å². The largest absolute Gasteiger partial charge is 0.433 e. The maximum absolute atomic E-state index is 13.2. The van der Waals surface area contributed by atoms with Crippen molar-refractivity contribution in [1.82, 2.24) is 9.97 Å². The molecule has 9 heteroatoms. The molecule has 2 rings (SSSR count). The molecule has 0 amide bonds. The molecule has 0 fully saturated rings. The van der Waals surface area contributed by atoms with Crippen LogP contribution in [-0.4, -0.2) is 27.7 Å². The number of hydrogen-bond acceptors (Lipinski definition) is 5. The summed E-state index contributed by atoms with van der Waals surface area (Å²) in [6.45, 7) is 5.31. The van der Waals surface area contributed by atoms with Crippen molar-refractivity contribution in [3.05, 3.63) is 40.0 Å². The summed E-state index contributed by atoms with van der Waals surface area (Å²) in [5.41, 5.74) is 0.469. The minimum Gasteiger partial charge on any atom is -0.394 e. The molecule has 0 unspecified atom stereocenters. The van der Waals surface area contributed by atoms with E-state index in [9.17, 15) is 18.3 Å². The third-order valence-corrected chi connectivity index (χ3v) is 4.65. The van der Waals surface area contributed by atoms with Crippen molar-refractivity contribution in [3.8, 4) is 0 Å². The average molecular weight is 433 g/mol. The van der Waals surface area contributed by atoms with Crippen molar-refractivity contribution < 1.29 is 18.3 Å². The molecule has 0 aliphatic carbocycles. The summed E-state index contributed by atoms with van der Waals surface area (Å²) in [5, 5.41) is 15.0. The van der Waals surface area contributed by atoms with Gasteiger partial charge in [-0.3, -0.25) is 0 Å². The Balaban J connectivity index is 2.38. The summed E-state index contributed by atoms with van der Waals surface area (Å²) >= 11 is 3.38. The van der Waals surface area contributed by atoms with Gasteiger partial charge in [0, 0.05) is 16.2 Å². The lowest BCUT2D eigenvalue weighted by atomic mass is 10.1. The fraction of sp³-hybridized carbons (Fsp3) is 0.412. The third-order valence-electron chi connectivity index (χ3n) is 3.76. The number of nitrogens with one attached hydrogen (secondary N) is 2. The van der Waals surface area contributed by atoms with Gasteiger partial charge in [-0.1, -0.05) is 29.8 Å². The van der Waals surface area contributed by atoms with Gasteiger partial charge in [-0.2, -0.15) is 18.2 Å². The lowest BCUT2D eigenvalue weighted by Crippen LogP contribution is -2.30. The van der Waals surface area contributed by atoms with Crippen LogP contribution < -0.4 is 10.6 Å². The normalized spacial score (nSPS) is 13.0. The Kier molecular flexibility index (Phi) is 6.46. The minimum absolute atomic E-state index is 0.0105. The molecule has 0 radical (unpaired) electrons. The number of aromatic nitrogens is 2. The van der Waals surface area contributed by atoms with Gasteiger partial charge in [0.05, 0.1) is 12.6 Å². The Labute approximate surface area is 158 Å². The SMILES string of the molecule is Cc1cc(Nc2cc(C(F)(F)F)nc(N[C@H](CO)C(C)C)n2)ccc1Br. The summed E-state index contributed by atoms with van der Waals surface area (Å²) < 4.78 is 40.4. The number of aryl methyl sites for hydroxylation is 1. The van der Waals surface area contributed by atoms with Crippen LogP contribution in [0.25, 0.3) is 0 Å². The molecule has 0 bridgehead atoms. The summed E-state index contributed by atoms with van der Waals surface area (Å²) in [6, 6.07) is 5.71. The Morgan fingerprint density at radius 1 is 1.19 bits per heavy atom. The van der Waals surface area contributed by atoms with E-state index in [2.05, 4.69) is 36.5 Å². The minimum atomic E-state index is -4.61. The molecule has 142 valence electrons. The predicted octanol–water partition coefficient (Wildman–Crippen LogP) is 4.74. The third kappa shape index (κ3) is 5.31. The predicted molar refractivity (Wildman–Crippen MR) is 98.5 cm³/mol. The maximum Gasteiger partial charge on any atom is 0.433 e. The van der Waals surface area contributed by atoms with E-state index in [0.717, 1.165) is 16.1 Å². The molecule has 1 aromatic heterocycles. The molecule has 0 aliphatic rings. The molecule has 0 aliphatic heterocycles. The van der Waals surface area contributed by atoms with E-state index in [-0.39, 0.29) is 24.3 Å². The summed E-state index contributed by atoms with van der Waals surface area (Å²) in [5.74, 6) is -0.190. The quantitative estimate of drug-likeness (QED) is 0.614. The van der Waals surface area contributed by atoms with Gasteiger partial charge in [0.15, 0.2) is 5.69 Å². The van der Waals surface area contributed by atoms with Crippen LogP contribution in [0.3, 0.4) is 0 Å². The highest BCUT2D eigenvalue weighted by Crippen LogP contribution is 2.31. The molecule has 1 aromatic carbocycles. The maximum atomic E-state index is 13.2. The van der Waals surface area contributed by atoms with Gasteiger partial charge in [0.25, 0.3) is 0 Å². The standard InChI is InChI=1S/C17H20BrF3N4O/c1-9(2)13(8-26)23-16-24-14(17(19,20)21)7-15(25-16)22-11-4-5-12(18)10(3)6-11/h4-7,9,13,26H,8H2,1-3H3,(H2,22,23,24,25)/t13-/m1/s1. The molecular weight excluding hydrogens is 413 g/mol.